The topological polar surface area (TPSA) is 62.3 Å². The average Bonchev–Trinajstić information content (AvgIpc) is 2.67. The number of rotatable bonds is 3. The van der Waals surface area contributed by atoms with E-state index >= 15 is 0 Å². The molecule has 0 aliphatic carbocycles. The lowest BCUT2D eigenvalue weighted by atomic mass is 10.1. The Bertz CT molecular complexity index is 535. The number of nitrogen functional groups attached to an aromatic ring is 1. The Kier molecular flexibility index (Phi) is 2.91. The molecule has 2 rings (SSSR count). The Morgan fingerprint density at radius 2 is 2.00 bits per heavy atom. The summed E-state index contributed by atoms with van der Waals surface area (Å²) in [6.07, 6.45) is 1.76. The van der Waals surface area contributed by atoms with Crippen molar-refractivity contribution in [1.82, 2.24) is 9.78 Å². The van der Waals surface area contributed by atoms with Gasteiger partial charge in [0.15, 0.2) is 0 Å². The van der Waals surface area contributed by atoms with Crippen molar-refractivity contribution >= 4 is 5.69 Å². The molecule has 1 heterocycles. The van der Waals surface area contributed by atoms with E-state index in [2.05, 4.69) is 5.10 Å². The standard InChI is InChI=1S/C12H15N3O2/c1-15-7-10(13)12(14-15)9-5-4-8(16-2)6-11(9)17-3/h4-7H,13H2,1-3H3. The monoisotopic (exact) mass is 233 g/mol. The van der Waals surface area contributed by atoms with Gasteiger partial charge < -0.3 is 15.2 Å². The number of hydrogen-bond acceptors (Lipinski definition) is 4. The summed E-state index contributed by atoms with van der Waals surface area (Å²) in [4.78, 5) is 0. The van der Waals surface area contributed by atoms with Gasteiger partial charge in [0, 0.05) is 24.9 Å². The number of methoxy groups -OCH3 is 2. The second-order valence-corrected chi connectivity index (χ2v) is 3.67. The van der Waals surface area contributed by atoms with Gasteiger partial charge in [-0.3, -0.25) is 4.68 Å². The minimum absolute atomic E-state index is 0.621. The SMILES string of the molecule is COc1ccc(-c2nn(C)cc2N)c(OC)c1. The number of nitrogens with zero attached hydrogens (tertiary/aromatic N) is 2. The highest BCUT2D eigenvalue weighted by atomic mass is 16.5. The molecule has 0 bridgehead atoms. The molecule has 0 saturated heterocycles. The maximum Gasteiger partial charge on any atom is 0.132 e. The van der Waals surface area contributed by atoms with Gasteiger partial charge in [-0.1, -0.05) is 0 Å². The van der Waals surface area contributed by atoms with Crippen LogP contribution >= 0.6 is 0 Å². The largest absolute Gasteiger partial charge is 0.497 e. The van der Waals surface area contributed by atoms with Crippen LogP contribution < -0.4 is 15.2 Å². The Morgan fingerprint density at radius 3 is 2.53 bits per heavy atom. The van der Waals surface area contributed by atoms with Crippen molar-refractivity contribution < 1.29 is 9.47 Å². The molecule has 0 unspecified atom stereocenters. The summed E-state index contributed by atoms with van der Waals surface area (Å²) < 4.78 is 12.1. The Labute approximate surface area is 99.8 Å². The van der Waals surface area contributed by atoms with Crippen LogP contribution in [0.25, 0.3) is 11.3 Å². The molecular weight excluding hydrogens is 218 g/mol. The van der Waals surface area contributed by atoms with Gasteiger partial charge >= 0.3 is 0 Å². The maximum absolute atomic E-state index is 5.90. The second-order valence-electron chi connectivity index (χ2n) is 3.67. The van der Waals surface area contributed by atoms with Crippen LogP contribution in [-0.2, 0) is 7.05 Å². The zero-order valence-electron chi connectivity index (χ0n) is 10.1. The Morgan fingerprint density at radius 1 is 1.24 bits per heavy atom. The third-order valence-corrected chi connectivity index (χ3v) is 2.52. The van der Waals surface area contributed by atoms with Crippen LogP contribution in [0, 0.1) is 0 Å². The molecule has 17 heavy (non-hydrogen) atoms. The molecule has 0 aliphatic rings. The summed E-state index contributed by atoms with van der Waals surface area (Å²) in [5.74, 6) is 1.43. The first-order chi connectivity index (χ1) is 8.15. The molecule has 1 aromatic heterocycles. The van der Waals surface area contributed by atoms with Gasteiger partial charge in [0.1, 0.15) is 17.2 Å². The summed E-state index contributed by atoms with van der Waals surface area (Å²) in [5.41, 5.74) is 8.09. The number of aryl methyl sites for hydroxylation is 1. The zero-order chi connectivity index (χ0) is 12.4. The van der Waals surface area contributed by atoms with Crippen LogP contribution in [0.2, 0.25) is 0 Å². The number of aromatic nitrogens is 2. The first kappa shape index (κ1) is 11.3. The summed E-state index contributed by atoms with van der Waals surface area (Å²) in [6.45, 7) is 0. The minimum atomic E-state index is 0.621. The van der Waals surface area contributed by atoms with Crippen molar-refractivity contribution in [1.29, 1.82) is 0 Å². The van der Waals surface area contributed by atoms with Crippen molar-refractivity contribution in [2.24, 2.45) is 7.05 Å². The van der Waals surface area contributed by atoms with Gasteiger partial charge in [0.05, 0.1) is 19.9 Å². The lowest BCUT2D eigenvalue weighted by molar-refractivity contribution is 0.395. The van der Waals surface area contributed by atoms with E-state index in [1.165, 1.54) is 0 Å². The average molecular weight is 233 g/mol. The minimum Gasteiger partial charge on any atom is -0.497 e. The number of anilines is 1. The van der Waals surface area contributed by atoms with E-state index in [4.69, 9.17) is 15.2 Å². The third-order valence-electron chi connectivity index (χ3n) is 2.52. The van der Waals surface area contributed by atoms with Gasteiger partial charge in [0.25, 0.3) is 0 Å². The first-order valence-corrected chi connectivity index (χ1v) is 5.17. The van der Waals surface area contributed by atoms with E-state index in [0.717, 1.165) is 11.3 Å². The Balaban J connectivity index is 2.55. The lowest BCUT2D eigenvalue weighted by Gasteiger charge is -2.09. The molecule has 0 amide bonds. The molecule has 0 radical (unpaired) electrons. The van der Waals surface area contributed by atoms with Gasteiger partial charge in [-0.2, -0.15) is 5.10 Å². The number of ether oxygens (including phenoxy) is 2. The third kappa shape index (κ3) is 2.04. The second kappa shape index (κ2) is 4.37. The predicted octanol–water partition coefficient (Wildman–Crippen LogP) is 1.69. The van der Waals surface area contributed by atoms with Crippen LogP contribution in [0.5, 0.6) is 11.5 Å². The van der Waals surface area contributed by atoms with E-state index in [9.17, 15) is 0 Å². The highest BCUT2D eigenvalue weighted by Gasteiger charge is 2.13. The van der Waals surface area contributed by atoms with Crippen LogP contribution in [0.15, 0.2) is 24.4 Å². The smallest absolute Gasteiger partial charge is 0.132 e. The Hall–Kier alpha value is -2.17. The molecule has 0 saturated carbocycles. The maximum atomic E-state index is 5.90. The number of hydrogen-bond donors (Lipinski definition) is 1. The molecule has 90 valence electrons. The van der Waals surface area contributed by atoms with Gasteiger partial charge in [-0.15, -0.1) is 0 Å². The molecule has 0 aliphatic heterocycles. The van der Waals surface area contributed by atoms with E-state index in [1.807, 2.05) is 25.2 Å². The molecule has 0 fully saturated rings. The molecule has 2 N–H and O–H groups in total. The van der Waals surface area contributed by atoms with Crippen molar-refractivity contribution in [3.05, 3.63) is 24.4 Å². The van der Waals surface area contributed by atoms with Crippen molar-refractivity contribution in [2.75, 3.05) is 20.0 Å². The highest BCUT2D eigenvalue weighted by Crippen LogP contribution is 2.34. The predicted molar refractivity (Wildman–Crippen MR) is 66.2 cm³/mol. The lowest BCUT2D eigenvalue weighted by Crippen LogP contribution is -1.93. The van der Waals surface area contributed by atoms with E-state index in [-0.39, 0.29) is 0 Å². The fourth-order valence-electron chi connectivity index (χ4n) is 1.71. The van der Waals surface area contributed by atoms with Crippen molar-refractivity contribution in [3.8, 4) is 22.8 Å². The summed E-state index contributed by atoms with van der Waals surface area (Å²) >= 11 is 0. The van der Waals surface area contributed by atoms with Gasteiger partial charge in [0.2, 0.25) is 0 Å². The number of benzene rings is 1. The summed E-state index contributed by atoms with van der Waals surface area (Å²) in [6, 6.07) is 5.55. The molecule has 5 heteroatoms. The molecule has 5 nitrogen and oxygen atoms in total. The fourth-order valence-corrected chi connectivity index (χ4v) is 1.71. The zero-order valence-corrected chi connectivity index (χ0v) is 10.1. The van der Waals surface area contributed by atoms with E-state index in [1.54, 1.807) is 25.1 Å². The van der Waals surface area contributed by atoms with Gasteiger partial charge in [-0.25, -0.2) is 0 Å². The quantitative estimate of drug-likeness (QED) is 0.876. The molecule has 0 atom stereocenters. The molecule has 0 spiro atoms. The van der Waals surface area contributed by atoms with Crippen molar-refractivity contribution in [3.63, 3.8) is 0 Å². The van der Waals surface area contributed by atoms with Crippen molar-refractivity contribution in [2.45, 2.75) is 0 Å². The van der Waals surface area contributed by atoms with Gasteiger partial charge in [-0.05, 0) is 12.1 Å². The molecule has 2 aromatic rings. The van der Waals surface area contributed by atoms with E-state index < -0.39 is 0 Å². The highest BCUT2D eigenvalue weighted by molar-refractivity contribution is 5.77. The fraction of sp³-hybridized carbons (Fsp3) is 0.250. The first-order valence-electron chi connectivity index (χ1n) is 5.17. The van der Waals surface area contributed by atoms with Crippen LogP contribution in [0.3, 0.4) is 0 Å². The van der Waals surface area contributed by atoms with Crippen LogP contribution in [0.4, 0.5) is 5.69 Å². The molecular formula is C12H15N3O2. The van der Waals surface area contributed by atoms with E-state index in [0.29, 0.717) is 17.1 Å². The summed E-state index contributed by atoms with van der Waals surface area (Å²) in [7, 11) is 5.05. The summed E-state index contributed by atoms with van der Waals surface area (Å²) in [5, 5.41) is 4.32. The normalized spacial score (nSPS) is 10.3. The number of nitrogens with two attached hydrogens (primary N) is 1. The van der Waals surface area contributed by atoms with Crippen LogP contribution in [0.1, 0.15) is 0 Å². The van der Waals surface area contributed by atoms with Crippen LogP contribution in [-0.4, -0.2) is 24.0 Å². The molecule has 1 aromatic carbocycles.